The van der Waals surface area contributed by atoms with Gasteiger partial charge in [0, 0.05) is 16.3 Å². The third-order valence-electron chi connectivity index (χ3n) is 3.69. The lowest BCUT2D eigenvalue weighted by atomic mass is 10.0. The van der Waals surface area contributed by atoms with E-state index >= 15 is 0 Å². The molecule has 1 atom stereocenters. The first-order chi connectivity index (χ1) is 10.1. The molecule has 0 fully saturated rings. The van der Waals surface area contributed by atoms with Crippen molar-refractivity contribution < 1.29 is 5.11 Å². The van der Waals surface area contributed by atoms with Crippen LogP contribution >= 0.6 is 15.9 Å². The molecule has 2 nitrogen and oxygen atoms in total. The minimum Gasteiger partial charge on any atom is -0.386 e. The Morgan fingerprint density at radius 3 is 2.62 bits per heavy atom. The highest BCUT2D eigenvalue weighted by Gasteiger charge is 2.15. The first-order valence-electron chi connectivity index (χ1n) is 6.93. The smallest absolute Gasteiger partial charge is 0.101 e. The standard InChI is InChI=1S/C18H16BrNO/c1-12-6-2-3-7-13(12)11-17(21)18-15(19)10-14-8-4-5-9-16(14)20-18/h2-10,17,21H,11H2,1H3. The van der Waals surface area contributed by atoms with E-state index in [1.54, 1.807) is 0 Å². The number of hydrogen-bond acceptors (Lipinski definition) is 2. The maximum absolute atomic E-state index is 10.5. The van der Waals surface area contributed by atoms with Gasteiger partial charge in [-0.15, -0.1) is 0 Å². The van der Waals surface area contributed by atoms with Crippen molar-refractivity contribution >= 4 is 26.8 Å². The van der Waals surface area contributed by atoms with E-state index < -0.39 is 6.10 Å². The number of pyridine rings is 1. The minimum absolute atomic E-state index is 0.566. The Morgan fingerprint density at radius 1 is 1.10 bits per heavy atom. The van der Waals surface area contributed by atoms with Gasteiger partial charge in [-0.3, -0.25) is 0 Å². The molecule has 3 heteroatoms. The number of aromatic nitrogens is 1. The summed E-state index contributed by atoms with van der Waals surface area (Å²) in [4.78, 5) is 4.60. The van der Waals surface area contributed by atoms with E-state index in [2.05, 4.69) is 33.9 Å². The Bertz CT molecular complexity index is 785. The van der Waals surface area contributed by atoms with Crippen LogP contribution < -0.4 is 0 Å². The minimum atomic E-state index is -0.620. The summed E-state index contributed by atoms with van der Waals surface area (Å²) in [6.07, 6.45) is -0.0542. The summed E-state index contributed by atoms with van der Waals surface area (Å²) >= 11 is 3.53. The molecule has 0 amide bonds. The molecule has 1 N–H and O–H groups in total. The normalized spacial score (nSPS) is 12.5. The van der Waals surface area contributed by atoms with E-state index in [1.165, 1.54) is 5.56 Å². The average molecular weight is 342 g/mol. The van der Waals surface area contributed by atoms with E-state index in [0.29, 0.717) is 12.1 Å². The molecule has 0 saturated heterocycles. The second-order valence-electron chi connectivity index (χ2n) is 5.19. The number of hydrogen-bond donors (Lipinski definition) is 1. The van der Waals surface area contributed by atoms with Crippen molar-refractivity contribution in [1.29, 1.82) is 0 Å². The van der Waals surface area contributed by atoms with E-state index in [-0.39, 0.29) is 0 Å². The molecule has 3 rings (SSSR count). The van der Waals surface area contributed by atoms with Crippen molar-refractivity contribution in [2.45, 2.75) is 19.4 Å². The van der Waals surface area contributed by atoms with Crippen LogP contribution in [0.3, 0.4) is 0 Å². The molecule has 21 heavy (non-hydrogen) atoms. The van der Waals surface area contributed by atoms with E-state index in [4.69, 9.17) is 0 Å². The highest BCUT2D eigenvalue weighted by Crippen LogP contribution is 2.28. The van der Waals surface area contributed by atoms with Crippen LogP contribution in [0.1, 0.15) is 22.9 Å². The molecule has 0 bridgehead atoms. The number of fused-ring (bicyclic) bond motifs is 1. The number of nitrogens with zero attached hydrogens (tertiary/aromatic N) is 1. The van der Waals surface area contributed by atoms with Crippen molar-refractivity contribution in [3.63, 3.8) is 0 Å². The molecule has 0 spiro atoms. The lowest BCUT2D eigenvalue weighted by Crippen LogP contribution is -2.06. The van der Waals surface area contributed by atoms with Gasteiger partial charge in [0.25, 0.3) is 0 Å². The summed E-state index contributed by atoms with van der Waals surface area (Å²) in [5.41, 5.74) is 3.93. The molecule has 1 heterocycles. The number of para-hydroxylation sites is 1. The Balaban J connectivity index is 1.96. The number of aliphatic hydroxyl groups is 1. The molecule has 0 aliphatic carbocycles. The summed E-state index contributed by atoms with van der Waals surface area (Å²) in [7, 11) is 0. The monoisotopic (exact) mass is 341 g/mol. The number of halogens is 1. The third kappa shape index (κ3) is 2.99. The van der Waals surface area contributed by atoms with Crippen LogP contribution in [0.5, 0.6) is 0 Å². The van der Waals surface area contributed by atoms with Crippen molar-refractivity contribution in [1.82, 2.24) is 4.98 Å². The summed E-state index contributed by atoms with van der Waals surface area (Å²) in [5, 5.41) is 11.6. The first kappa shape index (κ1) is 14.2. The lowest BCUT2D eigenvalue weighted by Gasteiger charge is -2.14. The molecule has 0 aliphatic rings. The van der Waals surface area contributed by atoms with Gasteiger partial charge < -0.3 is 5.11 Å². The Morgan fingerprint density at radius 2 is 1.81 bits per heavy atom. The van der Waals surface area contributed by atoms with Crippen LogP contribution in [0.2, 0.25) is 0 Å². The summed E-state index contributed by atoms with van der Waals surface area (Å²) in [6.45, 7) is 2.06. The highest BCUT2D eigenvalue weighted by atomic mass is 79.9. The molecule has 1 aromatic heterocycles. The largest absolute Gasteiger partial charge is 0.386 e. The van der Waals surface area contributed by atoms with Crippen LogP contribution in [-0.2, 0) is 6.42 Å². The second kappa shape index (κ2) is 5.96. The fraction of sp³-hybridized carbons (Fsp3) is 0.167. The zero-order chi connectivity index (χ0) is 14.8. The molecular formula is C18H16BrNO. The maximum atomic E-state index is 10.5. The van der Waals surface area contributed by atoms with Gasteiger partial charge in [0.05, 0.1) is 11.2 Å². The zero-order valence-electron chi connectivity index (χ0n) is 11.8. The van der Waals surface area contributed by atoms with E-state index in [9.17, 15) is 5.11 Å². The van der Waals surface area contributed by atoms with Gasteiger partial charge in [-0.2, -0.15) is 0 Å². The predicted octanol–water partition coefficient (Wildman–Crippen LogP) is 4.58. The molecule has 0 radical (unpaired) electrons. The van der Waals surface area contributed by atoms with Gasteiger partial charge in [-0.05, 0) is 46.1 Å². The van der Waals surface area contributed by atoms with Crippen LogP contribution in [0.25, 0.3) is 10.9 Å². The first-order valence-corrected chi connectivity index (χ1v) is 7.72. The van der Waals surface area contributed by atoms with Gasteiger partial charge in [0.15, 0.2) is 0 Å². The van der Waals surface area contributed by atoms with Gasteiger partial charge >= 0.3 is 0 Å². The zero-order valence-corrected chi connectivity index (χ0v) is 13.3. The Kier molecular flexibility index (Phi) is 4.04. The van der Waals surface area contributed by atoms with E-state index in [1.807, 2.05) is 48.5 Å². The van der Waals surface area contributed by atoms with Crippen molar-refractivity contribution in [3.8, 4) is 0 Å². The van der Waals surface area contributed by atoms with Gasteiger partial charge in [-0.25, -0.2) is 4.98 Å². The number of aryl methyl sites for hydroxylation is 1. The Labute approximate surface area is 132 Å². The topological polar surface area (TPSA) is 33.1 Å². The van der Waals surface area contributed by atoms with Crippen LogP contribution in [-0.4, -0.2) is 10.1 Å². The molecule has 2 aromatic carbocycles. The molecule has 3 aromatic rings. The van der Waals surface area contributed by atoms with E-state index in [0.717, 1.165) is 20.9 Å². The quantitative estimate of drug-likeness (QED) is 0.756. The highest BCUT2D eigenvalue weighted by molar-refractivity contribution is 9.10. The van der Waals surface area contributed by atoms with Gasteiger partial charge in [0.2, 0.25) is 0 Å². The maximum Gasteiger partial charge on any atom is 0.101 e. The molecule has 0 saturated carbocycles. The number of benzene rings is 2. The fourth-order valence-electron chi connectivity index (χ4n) is 2.48. The van der Waals surface area contributed by atoms with Crippen LogP contribution in [0.15, 0.2) is 59.1 Å². The molecule has 1 unspecified atom stereocenters. The van der Waals surface area contributed by atoms with Crippen molar-refractivity contribution in [2.24, 2.45) is 0 Å². The molecule has 106 valence electrons. The molecular weight excluding hydrogens is 326 g/mol. The third-order valence-corrected chi connectivity index (χ3v) is 4.33. The van der Waals surface area contributed by atoms with Gasteiger partial charge in [0.1, 0.15) is 6.10 Å². The predicted molar refractivity (Wildman–Crippen MR) is 89.3 cm³/mol. The fourth-order valence-corrected chi connectivity index (χ4v) is 3.08. The average Bonchev–Trinajstić information content (AvgIpc) is 2.49. The lowest BCUT2D eigenvalue weighted by molar-refractivity contribution is 0.173. The number of rotatable bonds is 3. The SMILES string of the molecule is Cc1ccccc1CC(O)c1nc2ccccc2cc1Br. The van der Waals surface area contributed by atoms with Gasteiger partial charge in [-0.1, -0.05) is 42.5 Å². The number of aliphatic hydroxyl groups excluding tert-OH is 1. The second-order valence-corrected chi connectivity index (χ2v) is 6.05. The Hall–Kier alpha value is -1.71. The summed E-state index contributed by atoms with van der Waals surface area (Å²) < 4.78 is 0.849. The summed E-state index contributed by atoms with van der Waals surface area (Å²) in [6, 6.07) is 18.1. The van der Waals surface area contributed by atoms with Crippen LogP contribution in [0.4, 0.5) is 0 Å². The van der Waals surface area contributed by atoms with Crippen molar-refractivity contribution in [3.05, 3.63) is 75.9 Å². The van der Waals surface area contributed by atoms with Crippen LogP contribution in [0, 0.1) is 6.92 Å². The van der Waals surface area contributed by atoms with Crippen molar-refractivity contribution in [2.75, 3.05) is 0 Å². The summed E-state index contributed by atoms with van der Waals surface area (Å²) in [5.74, 6) is 0. The molecule has 0 aliphatic heterocycles.